The SMILES string of the molecule is CC(C)CC1CCN(C(=O)C2CCCC2)CC1N. The van der Waals surface area contributed by atoms with Crippen molar-refractivity contribution in [1.29, 1.82) is 0 Å². The van der Waals surface area contributed by atoms with Crippen LogP contribution in [0.1, 0.15) is 52.4 Å². The van der Waals surface area contributed by atoms with Crippen LogP contribution in [-0.2, 0) is 4.79 Å². The molecular weight excluding hydrogens is 224 g/mol. The second-order valence-corrected chi connectivity index (χ2v) is 6.61. The summed E-state index contributed by atoms with van der Waals surface area (Å²) in [7, 11) is 0. The predicted molar refractivity (Wildman–Crippen MR) is 74.1 cm³/mol. The molecule has 2 aliphatic rings. The summed E-state index contributed by atoms with van der Waals surface area (Å²) in [6, 6.07) is 0.187. The molecule has 2 atom stereocenters. The van der Waals surface area contributed by atoms with E-state index in [4.69, 9.17) is 5.73 Å². The summed E-state index contributed by atoms with van der Waals surface area (Å²) < 4.78 is 0. The molecule has 0 radical (unpaired) electrons. The minimum Gasteiger partial charge on any atom is -0.341 e. The lowest BCUT2D eigenvalue weighted by atomic mass is 9.85. The molecule has 2 unspecified atom stereocenters. The van der Waals surface area contributed by atoms with Crippen molar-refractivity contribution >= 4 is 5.91 Å². The Balaban J connectivity index is 1.85. The van der Waals surface area contributed by atoms with Crippen molar-refractivity contribution in [2.45, 2.75) is 58.4 Å². The number of hydrogen-bond acceptors (Lipinski definition) is 2. The maximum Gasteiger partial charge on any atom is 0.225 e. The Labute approximate surface area is 111 Å². The van der Waals surface area contributed by atoms with Gasteiger partial charge in [-0.2, -0.15) is 0 Å². The van der Waals surface area contributed by atoms with Gasteiger partial charge >= 0.3 is 0 Å². The fourth-order valence-corrected chi connectivity index (χ4v) is 3.56. The van der Waals surface area contributed by atoms with Gasteiger partial charge in [0, 0.05) is 25.0 Å². The van der Waals surface area contributed by atoms with Crippen molar-refractivity contribution in [2.75, 3.05) is 13.1 Å². The maximum atomic E-state index is 12.3. The van der Waals surface area contributed by atoms with E-state index in [0.29, 0.717) is 23.7 Å². The van der Waals surface area contributed by atoms with Gasteiger partial charge in [0.05, 0.1) is 0 Å². The highest BCUT2D eigenvalue weighted by atomic mass is 16.2. The molecule has 3 heteroatoms. The van der Waals surface area contributed by atoms with Crippen molar-refractivity contribution in [1.82, 2.24) is 4.90 Å². The molecule has 2 rings (SSSR count). The summed E-state index contributed by atoms with van der Waals surface area (Å²) >= 11 is 0. The summed E-state index contributed by atoms with van der Waals surface area (Å²) in [5.74, 6) is 2.00. The zero-order chi connectivity index (χ0) is 13.1. The molecule has 1 amide bonds. The molecule has 1 aliphatic heterocycles. The van der Waals surface area contributed by atoms with Crippen molar-refractivity contribution in [3.8, 4) is 0 Å². The van der Waals surface area contributed by atoms with E-state index in [0.717, 1.165) is 32.4 Å². The standard InChI is InChI=1S/C15H28N2O/c1-11(2)9-13-7-8-17(10-14(13)16)15(18)12-5-3-4-6-12/h11-14H,3-10,16H2,1-2H3. The zero-order valence-corrected chi connectivity index (χ0v) is 11.9. The summed E-state index contributed by atoms with van der Waals surface area (Å²) in [4.78, 5) is 14.4. The van der Waals surface area contributed by atoms with Crippen LogP contribution in [0.25, 0.3) is 0 Å². The van der Waals surface area contributed by atoms with E-state index >= 15 is 0 Å². The first-order chi connectivity index (χ1) is 8.58. The third-order valence-corrected chi connectivity index (χ3v) is 4.60. The van der Waals surface area contributed by atoms with Gasteiger partial charge in [-0.3, -0.25) is 4.79 Å². The molecule has 0 aromatic heterocycles. The van der Waals surface area contributed by atoms with Crippen molar-refractivity contribution in [3.05, 3.63) is 0 Å². The Morgan fingerprint density at radius 3 is 2.50 bits per heavy atom. The number of likely N-dealkylation sites (tertiary alicyclic amines) is 1. The van der Waals surface area contributed by atoms with Crippen LogP contribution < -0.4 is 5.73 Å². The van der Waals surface area contributed by atoms with Crippen molar-refractivity contribution in [2.24, 2.45) is 23.5 Å². The fraction of sp³-hybridized carbons (Fsp3) is 0.933. The van der Waals surface area contributed by atoms with E-state index < -0.39 is 0 Å². The molecule has 2 fully saturated rings. The number of rotatable bonds is 3. The van der Waals surface area contributed by atoms with Gasteiger partial charge in [-0.05, 0) is 37.5 Å². The maximum absolute atomic E-state index is 12.3. The second kappa shape index (κ2) is 6.05. The van der Waals surface area contributed by atoms with Crippen LogP contribution in [0.4, 0.5) is 0 Å². The molecule has 104 valence electrons. The normalized spacial score (nSPS) is 30.1. The van der Waals surface area contributed by atoms with E-state index in [-0.39, 0.29) is 6.04 Å². The Morgan fingerprint density at radius 2 is 1.94 bits per heavy atom. The van der Waals surface area contributed by atoms with Crippen molar-refractivity contribution in [3.63, 3.8) is 0 Å². The molecule has 3 nitrogen and oxygen atoms in total. The molecule has 0 aromatic carbocycles. The van der Waals surface area contributed by atoms with E-state index in [9.17, 15) is 4.79 Å². The summed E-state index contributed by atoms with van der Waals surface area (Å²) in [6.07, 6.45) is 6.95. The number of nitrogens with two attached hydrogens (primary N) is 1. The van der Waals surface area contributed by atoms with Crippen LogP contribution in [0.3, 0.4) is 0 Å². The second-order valence-electron chi connectivity index (χ2n) is 6.61. The predicted octanol–water partition coefficient (Wildman–Crippen LogP) is 2.40. The minimum absolute atomic E-state index is 0.187. The van der Waals surface area contributed by atoms with Gasteiger partial charge in [0.2, 0.25) is 5.91 Å². The van der Waals surface area contributed by atoms with Gasteiger partial charge in [-0.15, -0.1) is 0 Å². The molecule has 0 spiro atoms. The first kappa shape index (κ1) is 13.9. The first-order valence-electron chi connectivity index (χ1n) is 7.62. The number of nitrogens with zero attached hydrogens (tertiary/aromatic N) is 1. The lowest BCUT2D eigenvalue weighted by Crippen LogP contribution is -2.52. The highest BCUT2D eigenvalue weighted by molar-refractivity contribution is 5.79. The van der Waals surface area contributed by atoms with Gasteiger partial charge in [0.25, 0.3) is 0 Å². The van der Waals surface area contributed by atoms with Crippen LogP contribution in [0.2, 0.25) is 0 Å². The smallest absolute Gasteiger partial charge is 0.225 e. The molecule has 0 bridgehead atoms. The average molecular weight is 252 g/mol. The minimum atomic E-state index is 0.187. The Hall–Kier alpha value is -0.570. The van der Waals surface area contributed by atoms with E-state index in [1.165, 1.54) is 19.3 Å². The van der Waals surface area contributed by atoms with Gasteiger partial charge in [0.1, 0.15) is 0 Å². The van der Waals surface area contributed by atoms with E-state index in [1.807, 2.05) is 4.90 Å². The Bertz CT molecular complexity index is 284. The van der Waals surface area contributed by atoms with Gasteiger partial charge < -0.3 is 10.6 Å². The quantitative estimate of drug-likeness (QED) is 0.838. The lowest BCUT2D eigenvalue weighted by Gasteiger charge is -2.38. The number of amides is 1. The first-order valence-corrected chi connectivity index (χ1v) is 7.62. The molecule has 1 saturated heterocycles. The summed E-state index contributed by atoms with van der Waals surface area (Å²) in [5.41, 5.74) is 6.26. The Kier molecular flexibility index (Phi) is 4.66. The number of carbonyl (C=O) groups excluding carboxylic acids is 1. The van der Waals surface area contributed by atoms with Crippen LogP contribution in [0.15, 0.2) is 0 Å². The molecule has 2 N–H and O–H groups in total. The van der Waals surface area contributed by atoms with E-state index in [1.54, 1.807) is 0 Å². The highest BCUT2D eigenvalue weighted by Gasteiger charge is 2.33. The number of piperidine rings is 1. The fourth-order valence-electron chi connectivity index (χ4n) is 3.56. The summed E-state index contributed by atoms with van der Waals surface area (Å²) in [5, 5.41) is 0. The molecule has 1 saturated carbocycles. The molecular formula is C15H28N2O. The van der Waals surface area contributed by atoms with Crippen molar-refractivity contribution < 1.29 is 4.79 Å². The Morgan fingerprint density at radius 1 is 1.28 bits per heavy atom. The van der Waals surface area contributed by atoms with Crippen LogP contribution in [0.5, 0.6) is 0 Å². The third kappa shape index (κ3) is 3.25. The summed E-state index contributed by atoms with van der Waals surface area (Å²) in [6.45, 7) is 6.22. The molecule has 1 heterocycles. The van der Waals surface area contributed by atoms with Crippen LogP contribution in [0, 0.1) is 17.8 Å². The molecule has 1 aliphatic carbocycles. The lowest BCUT2D eigenvalue weighted by molar-refractivity contribution is -0.137. The molecule has 0 aromatic rings. The largest absolute Gasteiger partial charge is 0.341 e. The monoisotopic (exact) mass is 252 g/mol. The van der Waals surface area contributed by atoms with Gasteiger partial charge in [0.15, 0.2) is 0 Å². The highest BCUT2D eigenvalue weighted by Crippen LogP contribution is 2.29. The van der Waals surface area contributed by atoms with E-state index in [2.05, 4.69) is 13.8 Å². The van der Waals surface area contributed by atoms with Crippen LogP contribution >= 0.6 is 0 Å². The third-order valence-electron chi connectivity index (χ3n) is 4.60. The van der Waals surface area contributed by atoms with Crippen LogP contribution in [-0.4, -0.2) is 29.9 Å². The molecule has 18 heavy (non-hydrogen) atoms. The average Bonchev–Trinajstić information content (AvgIpc) is 2.84. The van der Waals surface area contributed by atoms with Gasteiger partial charge in [-0.25, -0.2) is 0 Å². The van der Waals surface area contributed by atoms with Gasteiger partial charge in [-0.1, -0.05) is 26.7 Å². The zero-order valence-electron chi connectivity index (χ0n) is 11.9. The number of carbonyl (C=O) groups is 1. The topological polar surface area (TPSA) is 46.3 Å². The number of hydrogen-bond donors (Lipinski definition) is 1.